The number of hydrogen-bond donors (Lipinski definition) is 2. The quantitative estimate of drug-likeness (QED) is 0.586. The maximum atomic E-state index is 12.2. The van der Waals surface area contributed by atoms with Crippen molar-refractivity contribution in [3.8, 4) is 0 Å². The Morgan fingerprint density at radius 2 is 2.29 bits per heavy atom. The van der Waals surface area contributed by atoms with Gasteiger partial charge in [-0.3, -0.25) is 9.59 Å². The highest BCUT2D eigenvalue weighted by Gasteiger charge is 2.42. The van der Waals surface area contributed by atoms with Crippen LogP contribution in [-0.2, 0) is 11.2 Å². The second kappa shape index (κ2) is 7.72. The van der Waals surface area contributed by atoms with Gasteiger partial charge in [0.2, 0.25) is 5.91 Å². The highest BCUT2D eigenvalue weighted by molar-refractivity contribution is 7.99. The van der Waals surface area contributed by atoms with E-state index in [0.717, 1.165) is 30.4 Å². The summed E-state index contributed by atoms with van der Waals surface area (Å²) in [7, 11) is 0. The van der Waals surface area contributed by atoms with Gasteiger partial charge in [0.25, 0.3) is 5.56 Å². The number of carbonyl (C=O) groups excluding carboxylic acids is 1. The maximum absolute atomic E-state index is 12.2. The fraction of sp³-hybridized carbons (Fsp3) is 0.722. The first-order valence-electron chi connectivity index (χ1n) is 9.07. The average Bonchev–Trinajstić information content (AvgIpc) is 3.16. The zero-order valence-corrected chi connectivity index (χ0v) is 15.3. The van der Waals surface area contributed by atoms with Crippen molar-refractivity contribution in [2.75, 3.05) is 5.75 Å². The minimum atomic E-state index is -0.147. The molecule has 2 bridgehead atoms. The lowest BCUT2D eigenvalue weighted by molar-refractivity contribution is -0.119. The minimum absolute atomic E-state index is 0.0267. The Morgan fingerprint density at radius 1 is 1.46 bits per heavy atom. The van der Waals surface area contributed by atoms with Gasteiger partial charge in [0.05, 0.1) is 5.75 Å². The average molecular weight is 350 g/mol. The lowest BCUT2D eigenvalue weighted by atomic mass is 9.84. The van der Waals surface area contributed by atoms with Crippen LogP contribution in [0.25, 0.3) is 0 Å². The van der Waals surface area contributed by atoms with Gasteiger partial charge in [0, 0.05) is 17.8 Å². The van der Waals surface area contributed by atoms with E-state index >= 15 is 0 Å². The number of H-pyrrole nitrogens is 1. The Balaban J connectivity index is 1.49. The fourth-order valence-corrected chi connectivity index (χ4v) is 5.08. The Kier molecular flexibility index (Phi) is 5.64. The molecule has 2 fully saturated rings. The van der Waals surface area contributed by atoms with E-state index in [9.17, 15) is 9.59 Å². The molecule has 1 amide bonds. The molecule has 2 N–H and O–H groups in total. The summed E-state index contributed by atoms with van der Waals surface area (Å²) in [6, 6.07) is 1.78. The van der Waals surface area contributed by atoms with Crippen molar-refractivity contribution < 1.29 is 4.79 Å². The number of carbonyl (C=O) groups is 1. The molecule has 2 saturated carbocycles. The molecule has 132 valence electrons. The number of rotatable bonds is 7. The van der Waals surface area contributed by atoms with E-state index in [-0.39, 0.29) is 17.5 Å². The number of nitrogens with zero attached hydrogens (tertiary/aromatic N) is 1. The van der Waals surface area contributed by atoms with Gasteiger partial charge in [-0.15, -0.1) is 0 Å². The number of aromatic amines is 1. The summed E-state index contributed by atoms with van der Waals surface area (Å²) >= 11 is 1.30. The van der Waals surface area contributed by atoms with E-state index in [1.165, 1.54) is 43.5 Å². The Bertz CT molecular complexity index is 645. The molecule has 1 aromatic rings. The molecule has 1 aromatic heterocycles. The molecule has 24 heavy (non-hydrogen) atoms. The fourth-order valence-electron chi connectivity index (χ4n) is 4.38. The normalized spacial score (nSPS) is 26.5. The van der Waals surface area contributed by atoms with E-state index in [1.807, 2.05) is 0 Å². The predicted octanol–water partition coefficient (Wildman–Crippen LogP) is 2.76. The van der Waals surface area contributed by atoms with Gasteiger partial charge >= 0.3 is 0 Å². The maximum Gasteiger partial charge on any atom is 0.251 e. The lowest BCUT2D eigenvalue weighted by Crippen LogP contribution is -2.41. The van der Waals surface area contributed by atoms with E-state index in [2.05, 4.69) is 29.1 Å². The topological polar surface area (TPSA) is 74.8 Å². The first kappa shape index (κ1) is 17.5. The van der Waals surface area contributed by atoms with Crippen LogP contribution in [0.1, 0.15) is 51.6 Å². The molecule has 0 aromatic carbocycles. The molecule has 3 rings (SSSR count). The van der Waals surface area contributed by atoms with Crippen molar-refractivity contribution in [1.29, 1.82) is 0 Å². The smallest absolute Gasteiger partial charge is 0.251 e. The number of hydrogen-bond acceptors (Lipinski definition) is 4. The summed E-state index contributed by atoms with van der Waals surface area (Å²) in [6.07, 6.45) is 7.07. The van der Waals surface area contributed by atoms with Gasteiger partial charge in [-0.25, -0.2) is 4.98 Å². The molecular weight excluding hydrogens is 322 g/mol. The number of aromatic nitrogens is 2. The van der Waals surface area contributed by atoms with E-state index in [4.69, 9.17) is 0 Å². The predicted molar refractivity (Wildman–Crippen MR) is 96.1 cm³/mol. The van der Waals surface area contributed by atoms with Crippen LogP contribution in [0.5, 0.6) is 0 Å². The summed E-state index contributed by atoms with van der Waals surface area (Å²) < 4.78 is 0. The van der Waals surface area contributed by atoms with Crippen molar-refractivity contribution in [2.45, 2.75) is 63.6 Å². The Hall–Kier alpha value is -1.30. The van der Waals surface area contributed by atoms with Crippen LogP contribution in [-0.4, -0.2) is 27.7 Å². The molecular formula is C18H27N3O2S. The zero-order chi connectivity index (χ0) is 17.1. The molecule has 2 aliphatic carbocycles. The van der Waals surface area contributed by atoms with Gasteiger partial charge in [0.1, 0.15) is 0 Å². The first-order chi connectivity index (χ1) is 11.5. The molecule has 0 aliphatic heterocycles. The van der Waals surface area contributed by atoms with Crippen LogP contribution in [0.4, 0.5) is 0 Å². The molecule has 4 atom stereocenters. The van der Waals surface area contributed by atoms with Crippen molar-refractivity contribution in [1.82, 2.24) is 15.3 Å². The molecule has 6 heteroatoms. The number of fused-ring (bicyclic) bond motifs is 2. The zero-order valence-electron chi connectivity index (χ0n) is 14.5. The number of aryl methyl sites for hydroxylation is 1. The van der Waals surface area contributed by atoms with Gasteiger partial charge < -0.3 is 10.3 Å². The highest BCUT2D eigenvalue weighted by atomic mass is 32.2. The van der Waals surface area contributed by atoms with Crippen LogP contribution in [0.15, 0.2) is 16.0 Å². The lowest BCUT2D eigenvalue weighted by Gasteiger charge is -2.28. The standard InChI is InChI=1S/C18H27N3O2S/c1-3-4-14-9-16(22)21-18(20-14)24-10-17(23)19-11(2)15-8-12-5-6-13(15)7-12/h9,11-13,15H,3-8,10H2,1-2H3,(H,19,23)(H,20,21,22)/t11-,12+,13+,15-/m1/s1. The van der Waals surface area contributed by atoms with Crippen LogP contribution in [0, 0.1) is 17.8 Å². The third kappa shape index (κ3) is 4.21. The van der Waals surface area contributed by atoms with Crippen LogP contribution in [0.3, 0.4) is 0 Å². The SMILES string of the molecule is CCCc1cc(=O)[nH]c(SCC(=O)N[C@H](C)[C@H]2C[C@H]3CC[C@H]2C3)n1. The monoisotopic (exact) mass is 349 g/mol. The molecule has 0 saturated heterocycles. The first-order valence-corrected chi connectivity index (χ1v) is 10.1. The van der Waals surface area contributed by atoms with E-state index in [1.54, 1.807) is 0 Å². The number of amides is 1. The van der Waals surface area contributed by atoms with Crippen LogP contribution >= 0.6 is 11.8 Å². The molecule has 1 heterocycles. The Morgan fingerprint density at radius 3 is 2.96 bits per heavy atom. The summed E-state index contributed by atoms with van der Waals surface area (Å²) in [5, 5.41) is 3.69. The molecule has 5 nitrogen and oxygen atoms in total. The number of nitrogens with one attached hydrogen (secondary N) is 2. The molecule has 0 unspecified atom stereocenters. The van der Waals surface area contributed by atoms with Gasteiger partial charge in [-0.05, 0) is 50.4 Å². The van der Waals surface area contributed by atoms with Crippen molar-refractivity contribution in [3.05, 3.63) is 22.1 Å². The van der Waals surface area contributed by atoms with Crippen molar-refractivity contribution in [2.24, 2.45) is 17.8 Å². The van der Waals surface area contributed by atoms with Crippen LogP contribution < -0.4 is 10.9 Å². The highest BCUT2D eigenvalue weighted by Crippen LogP contribution is 2.49. The summed E-state index contributed by atoms with van der Waals surface area (Å²) in [6.45, 7) is 4.19. The van der Waals surface area contributed by atoms with E-state index in [0.29, 0.717) is 16.8 Å². The summed E-state index contributed by atoms with van der Waals surface area (Å²) in [4.78, 5) is 31.0. The van der Waals surface area contributed by atoms with Crippen molar-refractivity contribution >= 4 is 17.7 Å². The molecule has 2 aliphatic rings. The third-order valence-electron chi connectivity index (χ3n) is 5.44. The van der Waals surface area contributed by atoms with Crippen LogP contribution in [0.2, 0.25) is 0 Å². The largest absolute Gasteiger partial charge is 0.353 e. The Labute approximate surface area is 147 Å². The van der Waals surface area contributed by atoms with Gasteiger partial charge in [-0.1, -0.05) is 31.5 Å². The second-order valence-electron chi connectivity index (χ2n) is 7.28. The van der Waals surface area contributed by atoms with Gasteiger partial charge in [0.15, 0.2) is 5.16 Å². The molecule has 0 radical (unpaired) electrons. The second-order valence-corrected chi connectivity index (χ2v) is 8.24. The van der Waals surface area contributed by atoms with Crippen molar-refractivity contribution in [3.63, 3.8) is 0 Å². The summed E-state index contributed by atoms with van der Waals surface area (Å²) in [5.41, 5.74) is 0.645. The van der Waals surface area contributed by atoms with E-state index < -0.39 is 0 Å². The number of thioether (sulfide) groups is 1. The molecule has 0 spiro atoms. The minimum Gasteiger partial charge on any atom is -0.353 e. The van der Waals surface area contributed by atoms with Gasteiger partial charge in [-0.2, -0.15) is 0 Å². The summed E-state index contributed by atoms with van der Waals surface area (Å²) in [5.74, 6) is 2.66. The third-order valence-corrected chi connectivity index (χ3v) is 6.32.